The molecule has 0 aliphatic rings. The van der Waals surface area contributed by atoms with Crippen molar-refractivity contribution in [2.24, 2.45) is 0 Å². The minimum atomic E-state index is -0.0963. The molecular formula is C26H31N5O3. The van der Waals surface area contributed by atoms with E-state index in [1.807, 2.05) is 79.8 Å². The quantitative estimate of drug-likeness (QED) is 0.364. The number of aromatic nitrogens is 4. The summed E-state index contributed by atoms with van der Waals surface area (Å²) in [6.45, 7) is 6.98. The van der Waals surface area contributed by atoms with Crippen LogP contribution in [0.1, 0.15) is 51.0 Å². The van der Waals surface area contributed by atoms with Gasteiger partial charge in [-0.05, 0) is 44.9 Å². The molecule has 34 heavy (non-hydrogen) atoms. The first-order valence-electron chi connectivity index (χ1n) is 11.8. The van der Waals surface area contributed by atoms with Gasteiger partial charge < -0.3 is 10.1 Å². The Morgan fingerprint density at radius 2 is 1.76 bits per heavy atom. The molecule has 0 unspecified atom stereocenters. The summed E-state index contributed by atoms with van der Waals surface area (Å²) in [5.41, 5.74) is 1.71. The molecule has 0 saturated carbocycles. The van der Waals surface area contributed by atoms with E-state index in [1.54, 1.807) is 4.57 Å². The monoisotopic (exact) mass is 461 g/mol. The summed E-state index contributed by atoms with van der Waals surface area (Å²) in [7, 11) is 0. The number of para-hydroxylation sites is 1. The van der Waals surface area contributed by atoms with Crippen LogP contribution in [0.3, 0.4) is 0 Å². The van der Waals surface area contributed by atoms with Crippen molar-refractivity contribution in [2.45, 2.75) is 58.7 Å². The first-order chi connectivity index (χ1) is 16.5. The number of aryl methyl sites for hydroxylation is 2. The standard InChI is InChI=1S/C26H31N5O3/c1-18(2)34-17-9-16-30-25(33)21-12-7-8-13-22(21)31-23(28-29-26(30)31)14-15-24(32)27-19(3)20-10-5-4-6-11-20/h4-8,10-13,18-19H,9,14-17H2,1-3H3,(H,27,32)/t19-/m0/s1. The number of hydrogen-bond acceptors (Lipinski definition) is 5. The molecular weight excluding hydrogens is 430 g/mol. The minimum absolute atomic E-state index is 0.0587. The number of benzene rings is 2. The van der Waals surface area contributed by atoms with E-state index >= 15 is 0 Å². The molecule has 1 atom stereocenters. The number of rotatable bonds is 10. The van der Waals surface area contributed by atoms with Gasteiger partial charge in [-0.25, -0.2) is 0 Å². The van der Waals surface area contributed by atoms with E-state index in [4.69, 9.17) is 4.74 Å². The van der Waals surface area contributed by atoms with Gasteiger partial charge >= 0.3 is 0 Å². The predicted molar refractivity (Wildman–Crippen MR) is 132 cm³/mol. The van der Waals surface area contributed by atoms with Crippen LogP contribution in [0.25, 0.3) is 16.7 Å². The molecule has 0 radical (unpaired) electrons. The maximum Gasteiger partial charge on any atom is 0.262 e. The zero-order chi connectivity index (χ0) is 24.1. The molecule has 0 aliphatic carbocycles. The fraction of sp³-hybridized carbons (Fsp3) is 0.385. The maximum absolute atomic E-state index is 13.2. The molecule has 0 bridgehead atoms. The third-order valence-electron chi connectivity index (χ3n) is 5.80. The lowest BCUT2D eigenvalue weighted by Crippen LogP contribution is -2.27. The molecule has 0 fully saturated rings. The zero-order valence-corrected chi connectivity index (χ0v) is 19.9. The molecule has 0 spiro atoms. The summed E-state index contributed by atoms with van der Waals surface area (Å²) in [5, 5.41) is 12.3. The Kier molecular flexibility index (Phi) is 7.37. The van der Waals surface area contributed by atoms with E-state index in [-0.39, 0.29) is 30.0 Å². The molecule has 1 amide bonds. The van der Waals surface area contributed by atoms with Crippen LogP contribution in [-0.4, -0.2) is 37.8 Å². The van der Waals surface area contributed by atoms with E-state index in [9.17, 15) is 9.59 Å². The Morgan fingerprint density at radius 3 is 2.53 bits per heavy atom. The summed E-state index contributed by atoms with van der Waals surface area (Å²) >= 11 is 0. The predicted octanol–water partition coefficient (Wildman–Crippen LogP) is 3.67. The number of nitrogens with one attached hydrogen (secondary N) is 1. The van der Waals surface area contributed by atoms with Crippen LogP contribution in [0, 0.1) is 0 Å². The highest BCUT2D eigenvalue weighted by molar-refractivity contribution is 5.80. The van der Waals surface area contributed by atoms with Gasteiger partial charge in [-0.2, -0.15) is 0 Å². The van der Waals surface area contributed by atoms with Crippen LogP contribution < -0.4 is 10.9 Å². The topological polar surface area (TPSA) is 90.5 Å². The van der Waals surface area contributed by atoms with Crippen molar-refractivity contribution in [3.63, 3.8) is 0 Å². The van der Waals surface area contributed by atoms with Gasteiger partial charge in [-0.3, -0.25) is 18.6 Å². The van der Waals surface area contributed by atoms with Gasteiger partial charge in [-0.15, -0.1) is 10.2 Å². The molecule has 4 rings (SSSR count). The van der Waals surface area contributed by atoms with Crippen molar-refractivity contribution >= 4 is 22.6 Å². The van der Waals surface area contributed by atoms with Gasteiger partial charge in [0.05, 0.1) is 23.0 Å². The lowest BCUT2D eigenvalue weighted by Gasteiger charge is -2.14. The van der Waals surface area contributed by atoms with Crippen molar-refractivity contribution in [3.05, 3.63) is 76.3 Å². The number of amides is 1. The van der Waals surface area contributed by atoms with Crippen LogP contribution in [0.15, 0.2) is 59.4 Å². The molecule has 2 aromatic heterocycles. The second-order valence-corrected chi connectivity index (χ2v) is 8.70. The zero-order valence-electron chi connectivity index (χ0n) is 19.9. The number of carbonyl (C=O) groups is 1. The van der Waals surface area contributed by atoms with E-state index in [0.717, 1.165) is 11.1 Å². The lowest BCUT2D eigenvalue weighted by atomic mass is 10.1. The Morgan fingerprint density at radius 1 is 1.03 bits per heavy atom. The van der Waals surface area contributed by atoms with Crippen molar-refractivity contribution in [1.29, 1.82) is 0 Å². The van der Waals surface area contributed by atoms with Gasteiger partial charge in [0.25, 0.3) is 5.56 Å². The summed E-state index contributed by atoms with van der Waals surface area (Å²) in [6.07, 6.45) is 1.51. The Bertz CT molecular complexity index is 1330. The second-order valence-electron chi connectivity index (χ2n) is 8.70. The van der Waals surface area contributed by atoms with E-state index in [0.29, 0.717) is 43.0 Å². The number of nitrogens with zero attached hydrogens (tertiary/aromatic N) is 4. The van der Waals surface area contributed by atoms with Crippen LogP contribution in [-0.2, 0) is 22.5 Å². The van der Waals surface area contributed by atoms with Crippen LogP contribution in [0.4, 0.5) is 0 Å². The third-order valence-corrected chi connectivity index (χ3v) is 5.80. The summed E-state index contributed by atoms with van der Waals surface area (Å²) in [5.74, 6) is 1.08. The highest BCUT2D eigenvalue weighted by Gasteiger charge is 2.17. The maximum atomic E-state index is 13.2. The Balaban J connectivity index is 1.56. The van der Waals surface area contributed by atoms with Gasteiger partial charge in [0.2, 0.25) is 11.7 Å². The average Bonchev–Trinajstić information content (AvgIpc) is 3.26. The Labute approximate surface area is 198 Å². The highest BCUT2D eigenvalue weighted by Crippen LogP contribution is 2.16. The molecule has 8 heteroatoms. The molecule has 0 saturated heterocycles. The van der Waals surface area contributed by atoms with E-state index in [2.05, 4.69) is 15.5 Å². The molecule has 1 N–H and O–H groups in total. The number of hydrogen-bond donors (Lipinski definition) is 1. The number of ether oxygens (including phenoxy) is 1. The smallest absolute Gasteiger partial charge is 0.262 e. The van der Waals surface area contributed by atoms with E-state index in [1.165, 1.54) is 0 Å². The fourth-order valence-electron chi connectivity index (χ4n) is 4.08. The minimum Gasteiger partial charge on any atom is -0.379 e. The van der Waals surface area contributed by atoms with Gasteiger partial charge in [0, 0.05) is 26.0 Å². The van der Waals surface area contributed by atoms with E-state index < -0.39 is 0 Å². The van der Waals surface area contributed by atoms with Crippen molar-refractivity contribution < 1.29 is 9.53 Å². The van der Waals surface area contributed by atoms with Crippen LogP contribution in [0.5, 0.6) is 0 Å². The second kappa shape index (κ2) is 10.6. The molecule has 2 aromatic carbocycles. The number of fused-ring (bicyclic) bond motifs is 3. The molecule has 0 aliphatic heterocycles. The van der Waals surface area contributed by atoms with Crippen molar-refractivity contribution in [3.8, 4) is 0 Å². The van der Waals surface area contributed by atoms with Gasteiger partial charge in [-0.1, -0.05) is 42.5 Å². The van der Waals surface area contributed by atoms with Crippen molar-refractivity contribution in [1.82, 2.24) is 24.5 Å². The number of carbonyl (C=O) groups excluding carboxylic acids is 1. The SMILES string of the molecule is CC(C)OCCCn1c(=O)c2ccccc2n2c(CCC(=O)N[C@@H](C)c3ccccc3)nnc12. The molecule has 8 nitrogen and oxygen atoms in total. The van der Waals surface area contributed by atoms with Crippen LogP contribution >= 0.6 is 0 Å². The summed E-state index contributed by atoms with van der Waals surface area (Å²) < 4.78 is 9.18. The first-order valence-corrected chi connectivity index (χ1v) is 11.8. The fourth-order valence-corrected chi connectivity index (χ4v) is 4.08. The lowest BCUT2D eigenvalue weighted by molar-refractivity contribution is -0.121. The molecule has 4 aromatic rings. The summed E-state index contributed by atoms with van der Waals surface area (Å²) in [6, 6.07) is 17.2. The van der Waals surface area contributed by atoms with Gasteiger partial charge in [0.15, 0.2) is 0 Å². The normalized spacial score (nSPS) is 12.5. The van der Waals surface area contributed by atoms with Gasteiger partial charge in [0.1, 0.15) is 5.82 Å². The highest BCUT2D eigenvalue weighted by atomic mass is 16.5. The van der Waals surface area contributed by atoms with Crippen LogP contribution in [0.2, 0.25) is 0 Å². The average molecular weight is 462 g/mol. The Hall–Kier alpha value is -3.52. The van der Waals surface area contributed by atoms with Crippen molar-refractivity contribution in [2.75, 3.05) is 6.61 Å². The molecule has 2 heterocycles. The largest absolute Gasteiger partial charge is 0.379 e. The first kappa shape index (κ1) is 23.6. The molecule has 178 valence electrons. The third kappa shape index (κ3) is 5.17. The summed E-state index contributed by atoms with van der Waals surface area (Å²) in [4.78, 5) is 25.8.